The second kappa shape index (κ2) is 10.9. The first-order valence-corrected chi connectivity index (χ1v) is 10.4. The number of rotatable bonds is 5. The standard InChI is InChI=1S/C21H23N.C5H12/c1-3-4-5-8-17-12-11-16(2)15-20(17)21-19-10-7-6-9-18(19)13-14-22-21;1-4-5(2)3/h4-7,9-11,13-15,17H,3,8,12H2,1-2H3;5H,4H2,1-3H3. The molecular formula is C26H35N. The van der Waals surface area contributed by atoms with E-state index in [1.165, 1.54) is 28.3 Å². The van der Waals surface area contributed by atoms with Crippen LogP contribution in [-0.4, -0.2) is 4.98 Å². The summed E-state index contributed by atoms with van der Waals surface area (Å²) in [7, 11) is 0. The molecule has 1 nitrogen and oxygen atoms in total. The highest BCUT2D eigenvalue weighted by atomic mass is 14.7. The van der Waals surface area contributed by atoms with Gasteiger partial charge in [0.2, 0.25) is 0 Å². The van der Waals surface area contributed by atoms with Gasteiger partial charge in [-0.15, -0.1) is 0 Å². The summed E-state index contributed by atoms with van der Waals surface area (Å²) in [6.45, 7) is 11.0. The smallest absolute Gasteiger partial charge is 0.0743 e. The normalized spacial score (nSPS) is 16.9. The van der Waals surface area contributed by atoms with E-state index in [0.717, 1.165) is 30.9 Å². The molecule has 0 saturated heterocycles. The molecule has 1 aliphatic carbocycles. The summed E-state index contributed by atoms with van der Waals surface area (Å²) < 4.78 is 0. The Morgan fingerprint density at radius 3 is 2.56 bits per heavy atom. The molecule has 0 bridgehead atoms. The van der Waals surface area contributed by atoms with Gasteiger partial charge in [0.15, 0.2) is 0 Å². The first-order valence-electron chi connectivity index (χ1n) is 10.4. The van der Waals surface area contributed by atoms with Crippen molar-refractivity contribution >= 4 is 16.3 Å². The van der Waals surface area contributed by atoms with Crippen LogP contribution >= 0.6 is 0 Å². The van der Waals surface area contributed by atoms with Crippen LogP contribution in [0.1, 0.15) is 66.0 Å². The van der Waals surface area contributed by atoms with Gasteiger partial charge in [-0.05, 0) is 55.0 Å². The number of hydrogen-bond donors (Lipinski definition) is 0. The zero-order valence-corrected chi connectivity index (χ0v) is 17.7. The van der Waals surface area contributed by atoms with Crippen molar-refractivity contribution in [3.8, 4) is 0 Å². The third-order valence-corrected chi connectivity index (χ3v) is 5.13. The minimum absolute atomic E-state index is 0.532. The molecule has 144 valence electrons. The van der Waals surface area contributed by atoms with Crippen LogP contribution in [0.3, 0.4) is 0 Å². The fraction of sp³-hybridized carbons (Fsp3) is 0.423. The number of pyridine rings is 1. The third kappa shape index (κ3) is 6.20. The Bertz CT molecular complexity index is 803. The Labute approximate surface area is 165 Å². The maximum atomic E-state index is 4.72. The second-order valence-corrected chi connectivity index (χ2v) is 7.78. The van der Waals surface area contributed by atoms with Crippen LogP contribution in [0.5, 0.6) is 0 Å². The lowest BCUT2D eigenvalue weighted by Crippen LogP contribution is -2.08. The quantitative estimate of drug-likeness (QED) is 0.492. The lowest BCUT2D eigenvalue weighted by atomic mass is 9.83. The third-order valence-electron chi connectivity index (χ3n) is 5.13. The van der Waals surface area contributed by atoms with Gasteiger partial charge in [0.1, 0.15) is 0 Å². The van der Waals surface area contributed by atoms with Crippen molar-refractivity contribution in [1.29, 1.82) is 0 Å². The van der Waals surface area contributed by atoms with Crippen molar-refractivity contribution in [3.05, 3.63) is 72.1 Å². The van der Waals surface area contributed by atoms with Crippen LogP contribution in [0, 0.1) is 11.8 Å². The summed E-state index contributed by atoms with van der Waals surface area (Å²) in [5.41, 5.74) is 3.89. The fourth-order valence-corrected chi connectivity index (χ4v) is 3.14. The van der Waals surface area contributed by atoms with E-state index in [4.69, 9.17) is 4.98 Å². The highest BCUT2D eigenvalue weighted by Gasteiger charge is 2.20. The zero-order valence-electron chi connectivity index (χ0n) is 17.7. The minimum Gasteiger partial charge on any atom is -0.256 e. The second-order valence-electron chi connectivity index (χ2n) is 7.78. The molecule has 0 radical (unpaired) electrons. The topological polar surface area (TPSA) is 12.9 Å². The highest BCUT2D eigenvalue weighted by molar-refractivity contribution is 5.93. The van der Waals surface area contributed by atoms with Gasteiger partial charge >= 0.3 is 0 Å². The molecule has 27 heavy (non-hydrogen) atoms. The van der Waals surface area contributed by atoms with E-state index in [0.29, 0.717) is 5.92 Å². The average molecular weight is 362 g/mol. The Morgan fingerprint density at radius 1 is 1.11 bits per heavy atom. The van der Waals surface area contributed by atoms with Crippen LogP contribution in [0.25, 0.3) is 16.3 Å². The maximum Gasteiger partial charge on any atom is 0.0743 e. The molecule has 1 aromatic heterocycles. The van der Waals surface area contributed by atoms with Crippen LogP contribution in [0.15, 0.2) is 66.4 Å². The molecule has 1 aromatic carbocycles. The van der Waals surface area contributed by atoms with E-state index in [-0.39, 0.29) is 0 Å². The lowest BCUT2D eigenvalue weighted by Gasteiger charge is -2.23. The maximum absolute atomic E-state index is 4.72. The van der Waals surface area contributed by atoms with Gasteiger partial charge in [0.25, 0.3) is 0 Å². The molecule has 0 fully saturated rings. The number of benzene rings is 1. The van der Waals surface area contributed by atoms with Gasteiger partial charge < -0.3 is 0 Å². The minimum atomic E-state index is 0.532. The molecule has 1 unspecified atom stereocenters. The van der Waals surface area contributed by atoms with Gasteiger partial charge in [-0.3, -0.25) is 4.98 Å². The van der Waals surface area contributed by atoms with E-state index < -0.39 is 0 Å². The Kier molecular flexibility index (Phi) is 8.51. The van der Waals surface area contributed by atoms with Gasteiger partial charge in [-0.1, -0.05) is 88.3 Å². The van der Waals surface area contributed by atoms with Crippen molar-refractivity contribution in [2.24, 2.45) is 11.8 Å². The van der Waals surface area contributed by atoms with Gasteiger partial charge in [-0.2, -0.15) is 0 Å². The van der Waals surface area contributed by atoms with Crippen LogP contribution < -0.4 is 0 Å². The number of fused-ring (bicyclic) bond motifs is 1. The molecule has 0 aliphatic heterocycles. The van der Waals surface area contributed by atoms with E-state index in [1.54, 1.807) is 0 Å². The average Bonchev–Trinajstić information content (AvgIpc) is 2.69. The van der Waals surface area contributed by atoms with Gasteiger partial charge in [0, 0.05) is 11.6 Å². The summed E-state index contributed by atoms with van der Waals surface area (Å²) in [5.74, 6) is 1.42. The fourth-order valence-electron chi connectivity index (χ4n) is 3.14. The lowest BCUT2D eigenvalue weighted by molar-refractivity contribution is 0.626. The highest BCUT2D eigenvalue weighted by Crippen LogP contribution is 2.36. The Morgan fingerprint density at radius 2 is 1.85 bits per heavy atom. The predicted molar refractivity (Wildman–Crippen MR) is 121 cm³/mol. The molecule has 3 rings (SSSR count). The van der Waals surface area contributed by atoms with Crippen molar-refractivity contribution in [2.45, 2.75) is 60.3 Å². The molecule has 2 aromatic rings. The molecule has 1 heteroatoms. The monoisotopic (exact) mass is 361 g/mol. The molecule has 0 saturated carbocycles. The first-order chi connectivity index (χ1) is 13.1. The van der Waals surface area contributed by atoms with Crippen molar-refractivity contribution in [1.82, 2.24) is 4.98 Å². The summed E-state index contributed by atoms with van der Waals surface area (Å²) in [4.78, 5) is 4.72. The predicted octanol–water partition coefficient (Wildman–Crippen LogP) is 7.99. The van der Waals surface area contributed by atoms with E-state index in [1.807, 2.05) is 6.20 Å². The Hall–Kier alpha value is -2.15. The molecule has 0 N–H and O–H groups in total. The molecule has 0 amide bonds. The number of allylic oxidation sites excluding steroid dienone is 6. The number of nitrogens with zero attached hydrogens (tertiary/aromatic N) is 1. The number of hydrogen-bond acceptors (Lipinski definition) is 1. The number of aromatic nitrogens is 1. The SMILES string of the molecule is CCC(C)C.CCC=CCC1CC=C(C)C=C1c1nccc2ccccc12. The largest absolute Gasteiger partial charge is 0.256 e. The van der Waals surface area contributed by atoms with Crippen LogP contribution in [0.4, 0.5) is 0 Å². The summed E-state index contributed by atoms with van der Waals surface area (Å²) in [5, 5.41) is 2.53. The molecule has 0 spiro atoms. The molecule has 1 heterocycles. The van der Waals surface area contributed by atoms with Crippen LogP contribution in [0.2, 0.25) is 0 Å². The van der Waals surface area contributed by atoms with Gasteiger partial charge in [-0.25, -0.2) is 0 Å². The molecule has 1 aliphatic rings. The van der Waals surface area contributed by atoms with E-state index >= 15 is 0 Å². The van der Waals surface area contributed by atoms with Crippen molar-refractivity contribution < 1.29 is 0 Å². The van der Waals surface area contributed by atoms with Crippen LogP contribution in [-0.2, 0) is 0 Å². The van der Waals surface area contributed by atoms with Crippen molar-refractivity contribution in [2.75, 3.05) is 0 Å². The summed E-state index contributed by atoms with van der Waals surface area (Å²) in [6, 6.07) is 10.6. The first kappa shape index (κ1) is 21.2. The summed E-state index contributed by atoms with van der Waals surface area (Å²) in [6.07, 6.45) is 15.8. The molecule has 1 atom stereocenters. The summed E-state index contributed by atoms with van der Waals surface area (Å²) >= 11 is 0. The van der Waals surface area contributed by atoms with Gasteiger partial charge in [0.05, 0.1) is 5.69 Å². The van der Waals surface area contributed by atoms with E-state index in [2.05, 4.69) is 89.3 Å². The molecular weight excluding hydrogens is 326 g/mol. The van der Waals surface area contributed by atoms with E-state index in [9.17, 15) is 0 Å². The zero-order chi connectivity index (χ0) is 19.6. The Balaban J connectivity index is 0.000000465. The van der Waals surface area contributed by atoms with Crippen molar-refractivity contribution in [3.63, 3.8) is 0 Å².